The summed E-state index contributed by atoms with van der Waals surface area (Å²) in [4.78, 5) is 13.8. The molecule has 1 saturated heterocycles. The van der Waals surface area contributed by atoms with E-state index in [1.54, 1.807) is 13.0 Å². The van der Waals surface area contributed by atoms with Crippen LogP contribution in [0.4, 0.5) is 0 Å². The van der Waals surface area contributed by atoms with Gasteiger partial charge in [-0.15, -0.1) is 6.58 Å². The highest BCUT2D eigenvalue weighted by atomic mass is 16.5. The zero-order valence-electron chi connectivity index (χ0n) is 10.6. The lowest BCUT2D eigenvalue weighted by Crippen LogP contribution is -2.44. The van der Waals surface area contributed by atoms with Crippen LogP contribution >= 0.6 is 0 Å². The number of piperidine rings is 1. The second kappa shape index (κ2) is 7.45. The molecule has 0 bridgehead atoms. The number of amides is 1. The molecule has 1 amide bonds. The van der Waals surface area contributed by atoms with Gasteiger partial charge in [-0.05, 0) is 32.1 Å². The van der Waals surface area contributed by atoms with E-state index in [2.05, 4.69) is 6.58 Å². The van der Waals surface area contributed by atoms with Crippen LogP contribution < -0.4 is 0 Å². The lowest BCUT2D eigenvalue weighted by atomic mass is 9.97. The van der Waals surface area contributed by atoms with Gasteiger partial charge in [0.1, 0.15) is 6.10 Å². The van der Waals surface area contributed by atoms with Crippen LogP contribution in [-0.2, 0) is 9.53 Å². The third-order valence-electron chi connectivity index (χ3n) is 3.22. The van der Waals surface area contributed by atoms with Crippen LogP contribution in [0.1, 0.15) is 26.2 Å². The van der Waals surface area contributed by atoms with Crippen molar-refractivity contribution in [2.45, 2.75) is 32.3 Å². The Bertz CT molecular complexity index is 247. The Balaban J connectivity index is 2.29. The standard InChI is InChI=1S/C13H23NO3/c1-3-4-9-17-11(2)13(16)14-7-5-12(10-15)6-8-14/h3,11-12,15H,1,4-10H2,2H3. The van der Waals surface area contributed by atoms with Gasteiger partial charge in [0.05, 0.1) is 6.61 Å². The molecular formula is C13H23NO3. The van der Waals surface area contributed by atoms with Gasteiger partial charge in [-0.1, -0.05) is 6.08 Å². The van der Waals surface area contributed by atoms with Gasteiger partial charge in [-0.25, -0.2) is 0 Å². The van der Waals surface area contributed by atoms with Gasteiger partial charge < -0.3 is 14.7 Å². The minimum absolute atomic E-state index is 0.0606. The molecule has 1 rings (SSSR count). The average Bonchev–Trinajstić information content (AvgIpc) is 2.38. The fraction of sp³-hybridized carbons (Fsp3) is 0.769. The molecule has 0 aromatic rings. The lowest BCUT2D eigenvalue weighted by Gasteiger charge is -2.32. The molecular weight excluding hydrogens is 218 g/mol. The molecule has 4 nitrogen and oxygen atoms in total. The number of nitrogens with zero attached hydrogens (tertiary/aromatic N) is 1. The second-order valence-electron chi connectivity index (χ2n) is 4.54. The quantitative estimate of drug-likeness (QED) is 0.561. The van der Waals surface area contributed by atoms with Crippen LogP contribution in [0.15, 0.2) is 12.7 Å². The predicted molar refractivity (Wildman–Crippen MR) is 66.6 cm³/mol. The van der Waals surface area contributed by atoms with E-state index in [-0.39, 0.29) is 18.6 Å². The van der Waals surface area contributed by atoms with Crippen molar-refractivity contribution in [1.82, 2.24) is 4.90 Å². The Morgan fingerprint density at radius 1 is 1.59 bits per heavy atom. The predicted octanol–water partition coefficient (Wildman–Crippen LogP) is 1.20. The molecule has 1 atom stereocenters. The van der Waals surface area contributed by atoms with Crippen molar-refractivity contribution in [3.05, 3.63) is 12.7 Å². The van der Waals surface area contributed by atoms with Crippen molar-refractivity contribution >= 4 is 5.91 Å². The van der Waals surface area contributed by atoms with Gasteiger partial charge in [0.15, 0.2) is 0 Å². The third-order valence-corrected chi connectivity index (χ3v) is 3.22. The topological polar surface area (TPSA) is 49.8 Å². The van der Waals surface area contributed by atoms with Crippen molar-refractivity contribution in [3.63, 3.8) is 0 Å². The van der Waals surface area contributed by atoms with E-state index in [1.807, 2.05) is 4.90 Å². The second-order valence-corrected chi connectivity index (χ2v) is 4.54. The van der Waals surface area contributed by atoms with Crippen LogP contribution in [0, 0.1) is 5.92 Å². The number of rotatable bonds is 6. The molecule has 1 fully saturated rings. The number of hydrogen-bond acceptors (Lipinski definition) is 3. The number of aliphatic hydroxyl groups is 1. The number of hydrogen-bond donors (Lipinski definition) is 1. The number of ether oxygens (including phenoxy) is 1. The van der Waals surface area contributed by atoms with Crippen molar-refractivity contribution in [3.8, 4) is 0 Å². The first-order valence-electron chi connectivity index (χ1n) is 6.31. The van der Waals surface area contributed by atoms with Crippen molar-refractivity contribution in [2.75, 3.05) is 26.3 Å². The monoisotopic (exact) mass is 241 g/mol. The van der Waals surface area contributed by atoms with Gasteiger partial charge >= 0.3 is 0 Å². The number of likely N-dealkylation sites (tertiary alicyclic amines) is 1. The molecule has 17 heavy (non-hydrogen) atoms. The normalized spacial score (nSPS) is 19.1. The molecule has 0 spiro atoms. The summed E-state index contributed by atoms with van der Waals surface area (Å²) in [5, 5.41) is 9.03. The summed E-state index contributed by atoms with van der Waals surface area (Å²) in [6, 6.07) is 0. The van der Waals surface area contributed by atoms with E-state index >= 15 is 0 Å². The van der Waals surface area contributed by atoms with E-state index in [0.29, 0.717) is 12.5 Å². The molecule has 0 aromatic heterocycles. The Morgan fingerprint density at radius 2 is 2.24 bits per heavy atom. The lowest BCUT2D eigenvalue weighted by molar-refractivity contribution is -0.144. The van der Waals surface area contributed by atoms with Crippen LogP contribution in [-0.4, -0.2) is 48.3 Å². The van der Waals surface area contributed by atoms with E-state index in [0.717, 1.165) is 32.4 Å². The number of carbonyl (C=O) groups excluding carboxylic acids is 1. The van der Waals surface area contributed by atoms with Gasteiger partial charge in [0.2, 0.25) is 0 Å². The van der Waals surface area contributed by atoms with Gasteiger partial charge in [-0.3, -0.25) is 4.79 Å². The molecule has 4 heteroatoms. The highest BCUT2D eigenvalue weighted by molar-refractivity contribution is 5.80. The van der Waals surface area contributed by atoms with Crippen molar-refractivity contribution in [2.24, 2.45) is 5.92 Å². The maximum absolute atomic E-state index is 12.0. The van der Waals surface area contributed by atoms with Crippen LogP contribution in [0.5, 0.6) is 0 Å². The first kappa shape index (κ1) is 14.2. The number of carbonyl (C=O) groups is 1. The Morgan fingerprint density at radius 3 is 2.76 bits per heavy atom. The average molecular weight is 241 g/mol. The number of aliphatic hydroxyl groups excluding tert-OH is 1. The molecule has 1 aliphatic heterocycles. The Labute approximate surface area is 103 Å². The van der Waals surface area contributed by atoms with Crippen molar-refractivity contribution in [1.29, 1.82) is 0 Å². The van der Waals surface area contributed by atoms with Crippen molar-refractivity contribution < 1.29 is 14.6 Å². The van der Waals surface area contributed by atoms with E-state index in [1.165, 1.54) is 0 Å². The van der Waals surface area contributed by atoms with Crippen LogP contribution in [0.3, 0.4) is 0 Å². The van der Waals surface area contributed by atoms with E-state index in [4.69, 9.17) is 9.84 Å². The molecule has 1 aliphatic rings. The van der Waals surface area contributed by atoms with E-state index in [9.17, 15) is 4.79 Å². The molecule has 0 aromatic carbocycles. The molecule has 0 radical (unpaired) electrons. The smallest absolute Gasteiger partial charge is 0.251 e. The molecule has 0 saturated carbocycles. The summed E-state index contributed by atoms with van der Waals surface area (Å²) in [6.07, 6.45) is 3.96. The molecule has 1 N–H and O–H groups in total. The highest BCUT2D eigenvalue weighted by Crippen LogP contribution is 2.17. The molecule has 1 unspecified atom stereocenters. The molecule has 98 valence electrons. The van der Waals surface area contributed by atoms with Gasteiger partial charge in [0.25, 0.3) is 5.91 Å². The van der Waals surface area contributed by atoms with Crippen LogP contribution in [0.25, 0.3) is 0 Å². The third kappa shape index (κ3) is 4.48. The summed E-state index contributed by atoms with van der Waals surface area (Å²) >= 11 is 0. The first-order valence-corrected chi connectivity index (χ1v) is 6.31. The Hall–Kier alpha value is -0.870. The summed E-state index contributed by atoms with van der Waals surface area (Å²) in [5.41, 5.74) is 0. The SMILES string of the molecule is C=CCCOC(C)C(=O)N1CCC(CO)CC1. The van der Waals surface area contributed by atoms with Gasteiger partial charge in [0, 0.05) is 19.7 Å². The zero-order valence-corrected chi connectivity index (χ0v) is 10.6. The van der Waals surface area contributed by atoms with E-state index < -0.39 is 0 Å². The summed E-state index contributed by atoms with van der Waals surface area (Å²) in [7, 11) is 0. The zero-order chi connectivity index (χ0) is 12.7. The summed E-state index contributed by atoms with van der Waals surface area (Å²) < 4.78 is 5.44. The van der Waals surface area contributed by atoms with Crippen LogP contribution in [0.2, 0.25) is 0 Å². The maximum Gasteiger partial charge on any atom is 0.251 e. The molecule has 0 aliphatic carbocycles. The highest BCUT2D eigenvalue weighted by Gasteiger charge is 2.25. The maximum atomic E-state index is 12.0. The fourth-order valence-electron chi connectivity index (χ4n) is 1.99. The Kier molecular flexibility index (Phi) is 6.22. The largest absolute Gasteiger partial charge is 0.396 e. The fourth-order valence-corrected chi connectivity index (χ4v) is 1.99. The molecule has 1 heterocycles. The summed E-state index contributed by atoms with van der Waals surface area (Å²) in [5.74, 6) is 0.418. The first-order chi connectivity index (χ1) is 8.19. The minimum Gasteiger partial charge on any atom is -0.396 e. The minimum atomic E-state index is -0.374. The van der Waals surface area contributed by atoms with Gasteiger partial charge in [-0.2, -0.15) is 0 Å². The summed E-state index contributed by atoms with van der Waals surface area (Å²) in [6.45, 7) is 7.65.